The molecule has 0 spiro atoms. The highest BCUT2D eigenvalue weighted by Crippen LogP contribution is 2.33. The van der Waals surface area contributed by atoms with Gasteiger partial charge in [-0.25, -0.2) is 0 Å². The van der Waals surface area contributed by atoms with E-state index in [1.807, 2.05) is 43.3 Å². The predicted molar refractivity (Wildman–Crippen MR) is 88.6 cm³/mol. The zero-order valence-electron chi connectivity index (χ0n) is 11.4. The fourth-order valence-electron chi connectivity index (χ4n) is 2.11. The Morgan fingerprint density at radius 3 is 2.90 bits per heavy atom. The van der Waals surface area contributed by atoms with Crippen molar-refractivity contribution in [3.8, 4) is 0 Å². The summed E-state index contributed by atoms with van der Waals surface area (Å²) >= 11 is 6.63. The molecule has 0 bridgehead atoms. The first-order valence-electron chi connectivity index (χ1n) is 6.48. The van der Waals surface area contributed by atoms with Crippen LogP contribution in [0.15, 0.2) is 52.0 Å². The number of carbonyl (C=O) groups is 1. The SMILES string of the molecule is Cc1cccc(C=C2SC(=S)N(Cc3ccco3)C2=O)c1. The van der Waals surface area contributed by atoms with Gasteiger partial charge in [-0.05, 0) is 30.7 Å². The lowest BCUT2D eigenvalue weighted by Gasteiger charge is -2.11. The van der Waals surface area contributed by atoms with Crippen molar-refractivity contribution in [1.82, 2.24) is 4.90 Å². The Kier molecular flexibility index (Phi) is 3.94. The highest BCUT2D eigenvalue weighted by molar-refractivity contribution is 8.26. The number of benzene rings is 1. The van der Waals surface area contributed by atoms with Gasteiger partial charge in [-0.1, -0.05) is 53.8 Å². The van der Waals surface area contributed by atoms with Crippen molar-refractivity contribution in [2.24, 2.45) is 0 Å². The summed E-state index contributed by atoms with van der Waals surface area (Å²) < 4.78 is 5.84. The second kappa shape index (κ2) is 5.87. The highest BCUT2D eigenvalue weighted by Gasteiger charge is 2.32. The largest absolute Gasteiger partial charge is 0.467 e. The number of hydrogen-bond acceptors (Lipinski definition) is 4. The highest BCUT2D eigenvalue weighted by atomic mass is 32.2. The number of furan rings is 1. The Bertz CT molecular complexity index is 720. The van der Waals surface area contributed by atoms with Crippen LogP contribution in [-0.2, 0) is 11.3 Å². The van der Waals surface area contributed by atoms with E-state index in [0.717, 1.165) is 16.9 Å². The average Bonchev–Trinajstić information content (AvgIpc) is 3.04. The Labute approximate surface area is 132 Å². The van der Waals surface area contributed by atoms with Crippen LogP contribution in [0.1, 0.15) is 16.9 Å². The van der Waals surface area contributed by atoms with Gasteiger partial charge in [0, 0.05) is 0 Å². The van der Waals surface area contributed by atoms with E-state index in [-0.39, 0.29) is 5.91 Å². The normalized spacial score (nSPS) is 17.0. The minimum absolute atomic E-state index is 0.0668. The zero-order chi connectivity index (χ0) is 14.8. The molecule has 1 fully saturated rings. The van der Waals surface area contributed by atoms with Gasteiger partial charge in [0.2, 0.25) is 0 Å². The van der Waals surface area contributed by atoms with Crippen LogP contribution in [0.2, 0.25) is 0 Å². The molecule has 1 aromatic carbocycles. The summed E-state index contributed by atoms with van der Waals surface area (Å²) in [7, 11) is 0. The molecule has 1 saturated heterocycles. The Balaban J connectivity index is 1.83. The number of nitrogens with zero attached hydrogens (tertiary/aromatic N) is 1. The molecule has 2 heterocycles. The average molecular weight is 315 g/mol. The van der Waals surface area contributed by atoms with Gasteiger partial charge in [0.05, 0.1) is 17.7 Å². The summed E-state index contributed by atoms with van der Waals surface area (Å²) in [5.74, 6) is 0.658. The van der Waals surface area contributed by atoms with Gasteiger partial charge in [0.25, 0.3) is 5.91 Å². The quantitative estimate of drug-likeness (QED) is 0.633. The first-order chi connectivity index (χ1) is 10.1. The molecule has 3 rings (SSSR count). The van der Waals surface area contributed by atoms with Crippen LogP contribution < -0.4 is 0 Å². The minimum Gasteiger partial charge on any atom is -0.467 e. The van der Waals surface area contributed by atoms with Crippen molar-refractivity contribution in [1.29, 1.82) is 0 Å². The molecule has 0 aliphatic carbocycles. The number of thiocarbonyl (C=S) groups is 1. The second-order valence-electron chi connectivity index (χ2n) is 4.76. The fraction of sp³-hybridized carbons (Fsp3) is 0.125. The van der Waals surface area contributed by atoms with Gasteiger partial charge in [-0.3, -0.25) is 9.69 Å². The molecule has 2 aromatic rings. The maximum absolute atomic E-state index is 12.4. The molecule has 1 amide bonds. The summed E-state index contributed by atoms with van der Waals surface area (Å²) in [5.41, 5.74) is 2.17. The van der Waals surface area contributed by atoms with E-state index in [1.165, 1.54) is 11.8 Å². The van der Waals surface area contributed by atoms with Crippen molar-refractivity contribution < 1.29 is 9.21 Å². The third-order valence-electron chi connectivity index (χ3n) is 3.11. The van der Waals surface area contributed by atoms with E-state index < -0.39 is 0 Å². The van der Waals surface area contributed by atoms with Crippen LogP contribution >= 0.6 is 24.0 Å². The van der Waals surface area contributed by atoms with Crippen LogP contribution in [0.25, 0.3) is 6.08 Å². The molecule has 0 N–H and O–H groups in total. The van der Waals surface area contributed by atoms with Gasteiger partial charge < -0.3 is 4.42 Å². The van der Waals surface area contributed by atoms with Gasteiger partial charge in [-0.15, -0.1) is 0 Å². The molecule has 3 nitrogen and oxygen atoms in total. The smallest absolute Gasteiger partial charge is 0.266 e. The Morgan fingerprint density at radius 1 is 1.33 bits per heavy atom. The molecule has 106 valence electrons. The van der Waals surface area contributed by atoms with Crippen LogP contribution in [0.5, 0.6) is 0 Å². The Hall–Kier alpha value is -1.85. The Morgan fingerprint density at radius 2 is 2.19 bits per heavy atom. The van der Waals surface area contributed by atoms with Crippen molar-refractivity contribution >= 4 is 40.3 Å². The minimum atomic E-state index is -0.0668. The van der Waals surface area contributed by atoms with Crippen molar-refractivity contribution in [3.63, 3.8) is 0 Å². The summed E-state index contributed by atoms with van der Waals surface area (Å²) in [4.78, 5) is 14.7. The second-order valence-corrected chi connectivity index (χ2v) is 6.44. The number of amides is 1. The summed E-state index contributed by atoms with van der Waals surface area (Å²) in [6.07, 6.45) is 3.48. The standard InChI is InChI=1S/C16H13NO2S2/c1-11-4-2-5-12(8-11)9-14-15(18)17(16(20)21-14)10-13-6-3-7-19-13/h2-9H,10H2,1H3. The maximum Gasteiger partial charge on any atom is 0.266 e. The van der Waals surface area contributed by atoms with Gasteiger partial charge in [-0.2, -0.15) is 0 Å². The van der Waals surface area contributed by atoms with Crippen LogP contribution in [0, 0.1) is 6.92 Å². The van der Waals surface area contributed by atoms with E-state index in [4.69, 9.17) is 16.6 Å². The zero-order valence-corrected chi connectivity index (χ0v) is 13.0. The predicted octanol–water partition coefficient (Wildman–Crippen LogP) is 3.99. The molecule has 0 radical (unpaired) electrons. The molecule has 1 aliphatic rings. The molecule has 1 aliphatic heterocycles. The number of hydrogen-bond donors (Lipinski definition) is 0. The van der Waals surface area contributed by atoms with Crippen LogP contribution in [0.3, 0.4) is 0 Å². The third-order valence-corrected chi connectivity index (χ3v) is 4.49. The maximum atomic E-state index is 12.4. The summed E-state index contributed by atoms with van der Waals surface area (Å²) in [5, 5.41) is 0. The van der Waals surface area contributed by atoms with E-state index in [2.05, 4.69) is 0 Å². The lowest BCUT2D eigenvalue weighted by molar-refractivity contribution is -0.122. The van der Waals surface area contributed by atoms with Crippen LogP contribution in [0.4, 0.5) is 0 Å². The van der Waals surface area contributed by atoms with E-state index in [1.54, 1.807) is 17.2 Å². The number of rotatable bonds is 3. The molecule has 5 heteroatoms. The first kappa shape index (κ1) is 14.1. The molecule has 1 aromatic heterocycles. The third kappa shape index (κ3) is 3.09. The van der Waals surface area contributed by atoms with Gasteiger partial charge >= 0.3 is 0 Å². The topological polar surface area (TPSA) is 33.5 Å². The fourth-order valence-corrected chi connectivity index (χ4v) is 3.36. The number of aryl methyl sites for hydroxylation is 1. The van der Waals surface area contributed by atoms with Gasteiger partial charge in [0.1, 0.15) is 10.1 Å². The number of thioether (sulfide) groups is 1. The van der Waals surface area contributed by atoms with Gasteiger partial charge in [0.15, 0.2) is 0 Å². The molecule has 0 atom stereocenters. The lowest BCUT2D eigenvalue weighted by Crippen LogP contribution is -2.27. The lowest BCUT2D eigenvalue weighted by atomic mass is 10.1. The molecule has 0 unspecified atom stereocenters. The molecular formula is C16H13NO2S2. The van der Waals surface area contributed by atoms with E-state index in [0.29, 0.717) is 15.8 Å². The monoisotopic (exact) mass is 315 g/mol. The summed E-state index contributed by atoms with van der Waals surface area (Å²) in [6, 6.07) is 11.7. The van der Waals surface area contributed by atoms with Crippen molar-refractivity contribution in [2.45, 2.75) is 13.5 Å². The van der Waals surface area contributed by atoms with Crippen LogP contribution in [-0.4, -0.2) is 15.1 Å². The number of carbonyl (C=O) groups excluding carboxylic acids is 1. The molecular weight excluding hydrogens is 302 g/mol. The first-order valence-corrected chi connectivity index (χ1v) is 7.70. The van der Waals surface area contributed by atoms with Crippen molar-refractivity contribution in [3.05, 3.63) is 64.5 Å². The molecule has 0 saturated carbocycles. The summed E-state index contributed by atoms with van der Waals surface area (Å²) in [6.45, 7) is 2.41. The van der Waals surface area contributed by atoms with Crippen molar-refractivity contribution in [2.75, 3.05) is 0 Å². The molecule has 21 heavy (non-hydrogen) atoms. The van der Waals surface area contributed by atoms with E-state index in [9.17, 15) is 4.79 Å². The van der Waals surface area contributed by atoms with E-state index >= 15 is 0 Å².